The number of carbonyl (C=O) groups excluding carboxylic acids is 1. The van der Waals surface area contributed by atoms with E-state index in [-0.39, 0.29) is 17.3 Å². The summed E-state index contributed by atoms with van der Waals surface area (Å²) in [4.78, 5) is 29.4. The minimum absolute atomic E-state index is 0.136. The van der Waals surface area contributed by atoms with Crippen LogP contribution >= 0.6 is 0 Å². The highest BCUT2D eigenvalue weighted by Crippen LogP contribution is 2.40. The van der Waals surface area contributed by atoms with Gasteiger partial charge in [0, 0.05) is 33.7 Å². The SMILES string of the molecule is C=C1N=C2c3c(nc(C)c(F)c3N(C)C(=O)C3CN(C)CCN23)N1C. The zero-order valence-corrected chi connectivity index (χ0v) is 14.9. The van der Waals surface area contributed by atoms with Gasteiger partial charge in [-0.1, -0.05) is 6.58 Å². The van der Waals surface area contributed by atoms with E-state index < -0.39 is 11.9 Å². The standard InChI is InChI=1S/C17H21FN6O/c1-9-13(18)14-12-15(19-9)22(4)10(2)20-16(12)24-7-6-21(3)8-11(24)17(25)23(14)5/h11H,2,6-8H2,1,3-5H3. The van der Waals surface area contributed by atoms with E-state index in [4.69, 9.17) is 0 Å². The summed E-state index contributed by atoms with van der Waals surface area (Å²) in [5.74, 6) is 1.10. The second kappa shape index (κ2) is 5.26. The topological polar surface area (TPSA) is 55.3 Å². The van der Waals surface area contributed by atoms with Crippen LogP contribution in [-0.2, 0) is 4.79 Å². The van der Waals surface area contributed by atoms with Crippen LogP contribution in [-0.4, -0.2) is 73.3 Å². The fourth-order valence-corrected chi connectivity index (χ4v) is 3.72. The van der Waals surface area contributed by atoms with Gasteiger partial charge in [-0.3, -0.25) is 4.79 Å². The zero-order valence-electron chi connectivity index (χ0n) is 14.9. The number of rotatable bonds is 0. The molecule has 7 nitrogen and oxygen atoms in total. The lowest BCUT2D eigenvalue weighted by molar-refractivity contribution is -0.123. The van der Waals surface area contributed by atoms with Crippen molar-refractivity contribution in [1.82, 2.24) is 14.8 Å². The summed E-state index contributed by atoms with van der Waals surface area (Å²) < 4.78 is 15.0. The molecule has 0 N–H and O–H groups in total. The third kappa shape index (κ3) is 2.10. The molecule has 0 aromatic carbocycles. The van der Waals surface area contributed by atoms with Crippen molar-refractivity contribution in [1.29, 1.82) is 0 Å². The lowest BCUT2D eigenvalue weighted by atomic mass is 10.1. The number of nitrogens with zero attached hydrogens (tertiary/aromatic N) is 6. The first-order chi connectivity index (χ1) is 11.8. The second-order valence-electron chi connectivity index (χ2n) is 6.84. The molecule has 132 valence electrons. The van der Waals surface area contributed by atoms with Crippen molar-refractivity contribution in [2.45, 2.75) is 13.0 Å². The van der Waals surface area contributed by atoms with E-state index >= 15 is 0 Å². The van der Waals surface area contributed by atoms with Crippen LogP contribution in [0, 0.1) is 12.7 Å². The number of carbonyl (C=O) groups is 1. The fraction of sp³-hybridized carbons (Fsp3) is 0.471. The van der Waals surface area contributed by atoms with Gasteiger partial charge in [-0.2, -0.15) is 0 Å². The summed E-state index contributed by atoms with van der Waals surface area (Å²) >= 11 is 0. The maximum Gasteiger partial charge on any atom is 0.250 e. The van der Waals surface area contributed by atoms with Crippen LogP contribution in [0.25, 0.3) is 0 Å². The summed E-state index contributed by atoms with van der Waals surface area (Å²) in [5, 5.41) is 0. The number of likely N-dealkylation sites (N-methyl/N-ethyl adjacent to an activating group) is 2. The summed E-state index contributed by atoms with van der Waals surface area (Å²) in [7, 11) is 5.41. The number of piperazine rings is 1. The Morgan fingerprint density at radius 3 is 2.64 bits per heavy atom. The molecule has 4 rings (SSSR count). The molecule has 1 aromatic heterocycles. The van der Waals surface area contributed by atoms with E-state index in [0.29, 0.717) is 36.1 Å². The monoisotopic (exact) mass is 344 g/mol. The molecule has 3 aliphatic rings. The maximum absolute atomic E-state index is 15.0. The quantitative estimate of drug-likeness (QED) is 0.696. The first-order valence-electron chi connectivity index (χ1n) is 8.25. The van der Waals surface area contributed by atoms with E-state index in [0.717, 1.165) is 6.54 Å². The predicted molar refractivity (Wildman–Crippen MR) is 94.4 cm³/mol. The van der Waals surface area contributed by atoms with Crippen molar-refractivity contribution in [2.24, 2.45) is 4.99 Å². The summed E-state index contributed by atoms with van der Waals surface area (Å²) in [6.07, 6.45) is 0. The molecular formula is C17H21FN6O. The minimum Gasteiger partial charge on any atom is -0.341 e. The Hall–Kier alpha value is -2.48. The molecule has 0 aliphatic carbocycles. The van der Waals surface area contributed by atoms with Crippen molar-refractivity contribution in [3.63, 3.8) is 0 Å². The Kier molecular flexibility index (Phi) is 3.37. The molecule has 1 aromatic rings. The van der Waals surface area contributed by atoms with Crippen molar-refractivity contribution in [3.05, 3.63) is 29.5 Å². The Balaban J connectivity index is 2.04. The molecule has 1 fully saturated rings. The van der Waals surface area contributed by atoms with Crippen LogP contribution in [0.3, 0.4) is 0 Å². The lowest BCUT2D eigenvalue weighted by Crippen LogP contribution is -2.59. The van der Waals surface area contributed by atoms with Crippen LogP contribution in [0.2, 0.25) is 0 Å². The van der Waals surface area contributed by atoms with E-state index in [1.165, 1.54) is 4.90 Å². The average molecular weight is 344 g/mol. The number of amides is 1. The Morgan fingerprint density at radius 2 is 1.92 bits per heavy atom. The van der Waals surface area contributed by atoms with Gasteiger partial charge < -0.3 is 19.6 Å². The van der Waals surface area contributed by atoms with Crippen molar-refractivity contribution in [2.75, 3.05) is 50.6 Å². The van der Waals surface area contributed by atoms with Crippen LogP contribution in [0.15, 0.2) is 17.4 Å². The molecule has 25 heavy (non-hydrogen) atoms. The van der Waals surface area contributed by atoms with Gasteiger partial charge >= 0.3 is 0 Å². The molecule has 0 spiro atoms. The lowest BCUT2D eigenvalue weighted by Gasteiger charge is -2.41. The summed E-state index contributed by atoms with van der Waals surface area (Å²) in [5.41, 5.74) is 1.08. The number of fused-ring (bicyclic) bond motifs is 2. The molecule has 1 atom stereocenters. The molecule has 0 radical (unpaired) electrons. The molecular weight excluding hydrogens is 323 g/mol. The second-order valence-corrected chi connectivity index (χ2v) is 6.84. The first-order valence-corrected chi connectivity index (χ1v) is 8.25. The summed E-state index contributed by atoms with van der Waals surface area (Å²) in [6.45, 7) is 7.62. The van der Waals surface area contributed by atoms with Crippen LogP contribution in [0.1, 0.15) is 11.3 Å². The highest BCUT2D eigenvalue weighted by molar-refractivity contribution is 6.17. The molecule has 0 bridgehead atoms. The van der Waals surface area contributed by atoms with E-state index in [2.05, 4.69) is 21.5 Å². The van der Waals surface area contributed by atoms with Gasteiger partial charge in [0.1, 0.15) is 23.5 Å². The molecule has 1 saturated heterocycles. The predicted octanol–water partition coefficient (Wildman–Crippen LogP) is 0.789. The van der Waals surface area contributed by atoms with Gasteiger partial charge in [0.15, 0.2) is 5.82 Å². The number of hydrogen-bond donors (Lipinski definition) is 0. The first kappa shape index (κ1) is 16.0. The number of aliphatic imine (C=N–C) groups is 1. The summed E-state index contributed by atoms with van der Waals surface area (Å²) in [6, 6.07) is -0.404. The Morgan fingerprint density at radius 1 is 1.20 bits per heavy atom. The van der Waals surface area contributed by atoms with E-state index in [1.807, 2.05) is 11.9 Å². The zero-order chi connectivity index (χ0) is 18.0. The number of pyridine rings is 1. The Labute approximate surface area is 146 Å². The molecule has 8 heteroatoms. The van der Waals surface area contributed by atoms with Gasteiger partial charge in [-0.25, -0.2) is 14.4 Å². The van der Waals surface area contributed by atoms with Gasteiger partial charge in [0.05, 0.1) is 16.9 Å². The number of hydrogen-bond acceptors (Lipinski definition) is 6. The third-order valence-corrected chi connectivity index (χ3v) is 5.23. The molecule has 4 heterocycles. The molecule has 3 aliphatic heterocycles. The normalized spacial score (nSPS) is 23.3. The molecule has 0 saturated carbocycles. The number of amidine groups is 1. The van der Waals surface area contributed by atoms with Crippen molar-refractivity contribution < 1.29 is 9.18 Å². The van der Waals surface area contributed by atoms with Crippen LogP contribution in [0.5, 0.6) is 0 Å². The highest BCUT2D eigenvalue weighted by Gasteiger charge is 2.44. The minimum atomic E-state index is -0.476. The van der Waals surface area contributed by atoms with Crippen LogP contribution < -0.4 is 9.80 Å². The molecule has 1 unspecified atom stereocenters. The van der Waals surface area contributed by atoms with E-state index in [1.54, 1.807) is 25.9 Å². The van der Waals surface area contributed by atoms with Gasteiger partial charge in [0.2, 0.25) is 0 Å². The van der Waals surface area contributed by atoms with Crippen molar-refractivity contribution >= 4 is 23.2 Å². The fourth-order valence-electron chi connectivity index (χ4n) is 3.72. The van der Waals surface area contributed by atoms with Gasteiger partial charge in [-0.15, -0.1) is 0 Å². The number of aryl methyl sites for hydroxylation is 1. The van der Waals surface area contributed by atoms with Crippen LogP contribution in [0.4, 0.5) is 15.9 Å². The third-order valence-electron chi connectivity index (χ3n) is 5.23. The number of aromatic nitrogens is 1. The van der Waals surface area contributed by atoms with Gasteiger partial charge in [0.25, 0.3) is 5.91 Å². The van der Waals surface area contributed by atoms with Gasteiger partial charge in [-0.05, 0) is 14.0 Å². The highest BCUT2D eigenvalue weighted by atomic mass is 19.1. The average Bonchev–Trinajstić information content (AvgIpc) is 2.66. The largest absolute Gasteiger partial charge is 0.341 e. The smallest absolute Gasteiger partial charge is 0.250 e. The Bertz CT molecular complexity index is 835. The molecule has 1 amide bonds. The van der Waals surface area contributed by atoms with Crippen molar-refractivity contribution in [3.8, 4) is 0 Å². The number of anilines is 2. The number of halogens is 1. The maximum atomic E-state index is 15.0. The van der Waals surface area contributed by atoms with E-state index in [9.17, 15) is 9.18 Å².